The Morgan fingerprint density at radius 2 is 1.60 bits per heavy atom. The van der Waals surface area contributed by atoms with E-state index in [-0.39, 0.29) is 24.8 Å². The van der Waals surface area contributed by atoms with Gasteiger partial charge in [0.1, 0.15) is 0 Å². The summed E-state index contributed by atoms with van der Waals surface area (Å²) in [7, 11) is 0. The van der Waals surface area contributed by atoms with E-state index in [1.165, 1.54) is 0 Å². The van der Waals surface area contributed by atoms with E-state index in [1.54, 1.807) is 5.48 Å². The molecule has 2 nitrogen and oxygen atoms in total. The molecule has 1 rings (SSSR count). The maximum Gasteiger partial charge on any atom is 0.261 e. The first-order valence-corrected chi connectivity index (χ1v) is 0.933. The minimum Gasteiger partial charge on any atom is -1.00 e. The van der Waals surface area contributed by atoms with Crippen LogP contribution in [0.15, 0.2) is 0 Å². The first kappa shape index (κ1) is 9.09. The molecular formula is CH4Cl2NO-. The van der Waals surface area contributed by atoms with Gasteiger partial charge in [-0.2, -0.15) is 5.48 Å². The van der Waals surface area contributed by atoms with E-state index in [0.717, 1.165) is 6.73 Å². The number of quaternary nitrogens is 1. The Balaban J connectivity index is 0. The number of halogens is 2. The lowest BCUT2D eigenvalue weighted by atomic mass is 11.5. The van der Waals surface area contributed by atoms with Crippen molar-refractivity contribution in [3.05, 3.63) is 0 Å². The molecule has 0 unspecified atom stereocenters. The molecule has 0 radical (unpaired) electrons. The summed E-state index contributed by atoms with van der Waals surface area (Å²) in [6.07, 6.45) is 0. The summed E-state index contributed by atoms with van der Waals surface area (Å²) in [6.45, 7) is 0.875. The van der Waals surface area contributed by atoms with Gasteiger partial charge in [0.05, 0.1) is 0 Å². The summed E-state index contributed by atoms with van der Waals surface area (Å²) in [5.41, 5.74) is 1.75. The van der Waals surface area contributed by atoms with Gasteiger partial charge in [-0.15, -0.1) is 4.84 Å². The predicted molar refractivity (Wildman–Crippen MR) is 7.88 cm³/mol. The molecule has 0 spiro atoms. The van der Waals surface area contributed by atoms with E-state index in [1.807, 2.05) is 0 Å². The molecule has 34 valence electrons. The number of hydroxylamine groups is 1. The highest BCUT2D eigenvalue weighted by atomic mass is 35.5. The Morgan fingerprint density at radius 3 is 1.60 bits per heavy atom. The molecule has 4 heteroatoms. The predicted octanol–water partition coefficient (Wildman–Crippen LogP) is -7.54. The molecule has 2 N–H and O–H groups in total. The highest BCUT2D eigenvalue weighted by Gasteiger charge is 2.00. The Bertz CT molecular complexity index is 14.4. The molecule has 0 aliphatic carbocycles. The van der Waals surface area contributed by atoms with Crippen molar-refractivity contribution < 1.29 is 35.1 Å². The lowest BCUT2D eigenvalue weighted by Crippen LogP contribution is -3.00. The zero-order valence-electron chi connectivity index (χ0n) is 2.45. The van der Waals surface area contributed by atoms with Crippen LogP contribution in [0.4, 0.5) is 0 Å². The third kappa shape index (κ3) is 12.5. The van der Waals surface area contributed by atoms with Crippen molar-refractivity contribution in [3.8, 4) is 0 Å². The van der Waals surface area contributed by atoms with E-state index in [0.29, 0.717) is 0 Å². The summed E-state index contributed by atoms with van der Waals surface area (Å²) in [4.78, 5) is 4.38. The van der Waals surface area contributed by atoms with Gasteiger partial charge >= 0.3 is 0 Å². The van der Waals surface area contributed by atoms with Gasteiger partial charge in [-0.05, 0) is 0 Å². The zero-order chi connectivity index (χ0) is 2.12. The number of hydrogen-bond acceptors (Lipinski definition) is 1. The molecule has 0 aromatic heterocycles. The second-order valence-electron chi connectivity index (χ2n) is 0.500. The highest BCUT2D eigenvalue weighted by molar-refractivity contribution is 3.71. The summed E-state index contributed by atoms with van der Waals surface area (Å²) in [6, 6.07) is 0. The van der Waals surface area contributed by atoms with Crippen LogP contribution in [0.2, 0.25) is 0 Å². The molecule has 1 saturated heterocycles. The number of hydrogen-bond donors (Lipinski definition) is 1. The Kier molecular flexibility index (Phi) is 8.18. The van der Waals surface area contributed by atoms with E-state index in [9.17, 15) is 0 Å². The lowest BCUT2D eigenvalue weighted by molar-refractivity contribution is -0.642. The quantitative estimate of drug-likeness (QED) is 0.314. The number of rotatable bonds is 0. The van der Waals surface area contributed by atoms with Crippen LogP contribution in [0.5, 0.6) is 0 Å². The van der Waals surface area contributed by atoms with Gasteiger partial charge < -0.3 is 24.8 Å². The smallest absolute Gasteiger partial charge is 0.261 e. The van der Waals surface area contributed by atoms with Crippen LogP contribution in [-0.2, 0) is 4.84 Å². The first-order chi connectivity index (χ1) is 1.50. The minimum absolute atomic E-state index is 0. The third-order valence-corrected chi connectivity index (χ3v) is 0.167. The van der Waals surface area contributed by atoms with Gasteiger partial charge in [0.15, 0.2) is 0 Å². The molecular weight excluding hydrogens is 113 g/mol. The van der Waals surface area contributed by atoms with Crippen LogP contribution in [0.25, 0.3) is 0 Å². The van der Waals surface area contributed by atoms with Gasteiger partial charge in [-0.25, -0.2) is 0 Å². The fraction of sp³-hybridized carbons (Fsp3) is 1.00. The average Bonchev–Trinajstić information content (AvgIpc) is 1.46. The van der Waals surface area contributed by atoms with E-state index in [2.05, 4.69) is 4.84 Å². The summed E-state index contributed by atoms with van der Waals surface area (Å²) >= 11 is 0. The van der Waals surface area contributed by atoms with Crippen LogP contribution in [0.1, 0.15) is 0 Å². The van der Waals surface area contributed by atoms with Gasteiger partial charge in [0.25, 0.3) is 6.73 Å². The fourth-order valence-electron chi connectivity index (χ4n) is 0. The third-order valence-electron chi connectivity index (χ3n) is 0.167. The maximum absolute atomic E-state index is 4.38. The first-order valence-electron chi connectivity index (χ1n) is 0.933. The van der Waals surface area contributed by atoms with Crippen molar-refractivity contribution in [1.29, 1.82) is 0 Å². The molecule has 1 fully saturated rings. The molecule has 1 heterocycles. The molecule has 5 heavy (non-hydrogen) atoms. The Morgan fingerprint density at radius 1 is 1.40 bits per heavy atom. The Labute approximate surface area is 42.7 Å². The lowest BCUT2D eigenvalue weighted by Gasteiger charge is -1.15. The highest BCUT2D eigenvalue weighted by Crippen LogP contribution is 1.45. The van der Waals surface area contributed by atoms with Crippen molar-refractivity contribution in [2.24, 2.45) is 0 Å². The van der Waals surface area contributed by atoms with E-state index >= 15 is 0 Å². The minimum atomic E-state index is 0. The molecule has 0 amide bonds. The van der Waals surface area contributed by atoms with Crippen molar-refractivity contribution in [2.45, 2.75) is 0 Å². The van der Waals surface area contributed by atoms with Crippen molar-refractivity contribution in [2.75, 3.05) is 6.73 Å². The second-order valence-corrected chi connectivity index (χ2v) is 0.500. The van der Waals surface area contributed by atoms with Crippen LogP contribution in [-0.4, -0.2) is 6.73 Å². The molecule has 0 bridgehead atoms. The monoisotopic (exact) mass is 116 g/mol. The van der Waals surface area contributed by atoms with Gasteiger partial charge in [0, 0.05) is 0 Å². The summed E-state index contributed by atoms with van der Waals surface area (Å²) < 4.78 is 0. The zero-order valence-corrected chi connectivity index (χ0v) is 3.96. The molecule has 0 atom stereocenters. The SMILES string of the molecule is C1[NH2+]O1.[Cl-].[Cl-]. The van der Waals surface area contributed by atoms with Gasteiger partial charge in [-0.1, -0.05) is 0 Å². The molecule has 1 aliphatic rings. The van der Waals surface area contributed by atoms with Crippen LogP contribution in [0, 0.1) is 0 Å². The topological polar surface area (TPSA) is 29.1 Å². The maximum atomic E-state index is 4.38. The van der Waals surface area contributed by atoms with Crippen LogP contribution in [0.3, 0.4) is 0 Å². The normalized spacial score (nSPS) is 14.4. The van der Waals surface area contributed by atoms with Crippen LogP contribution >= 0.6 is 0 Å². The fourth-order valence-corrected chi connectivity index (χ4v) is 0. The van der Waals surface area contributed by atoms with Crippen LogP contribution < -0.4 is 30.3 Å². The standard InChI is InChI=1S/CH3NO.2ClH/c1-2-3-1;;/h2H,1H2;2*1H/p-1. The van der Waals surface area contributed by atoms with Gasteiger partial charge in [0.2, 0.25) is 0 Å². The van der Waals surface area contributed by atoms with Crippen molar-refractivity contribution >= 4 is 0 Å². The molecule has 0 saturated carbocycles. The molecule has 1 aliphatic heterocycles. The van der Waals surface area contributed by atoms with Gasteiger partial charge in [-0.3, -0.25) is 0 Å². The Hall–Kier alpha value is 0.500. The average molecular weight is 117 g/mol. The number of nitrogens with two attached hydrogens (primary N) is 1. The molecule has 0 aromatic rings. The largest absolute Gasteiger partial charge is 1.00 e. The summed E-state index contributed by atoms with van der Waals surface area (Å²) in [5.74, 6) is 0. The molecule has 0 aromatic carbocycles. The van der Waals surface area contributed by atoms with E-state index in [4.69, 9.17) is 0 Å². The van der Waals surface area contributed by atoms with E-state index < -0.39 is 0 Å². The van der Waals surface area contributed by atoms with Crippen molar-refractivity contribution in [3.63, 3.8) is 0 Å². The second kappa shape index (κ2) is 4.50. The van der Waals surface area contributed by atoms with Crippen molar-refractivity contribution in [1.82, 2.24) is 0 Å². The summed E-state index contributed by atoms with van der Waals surface area (Å²) in [5, 5.41) is 0.